The van der Waals surface area contributed by atoms with Gasteiger partial charge in [0.1, 0.15) is 4.33 Å². The van der Waals surface area contributed by atoms with E-state index in [4.69, 9.17) is 32.7 Å². The van der Waals surface area contributed by atoms with Crippen molar-refractivity contribution in [1.82, 2.24) is 0 Å². The maximum atomic E-state index is 5.91. The molecule has 4 heteroatoms. The van der Waals surface area contributed by atoms with Crippen LogP contribution in [0.2, 0.25) is 0 Å². The predicted molar refractivity (Wildman–Crippen MR) is 54.2 cm³/mol. The van der Waals surface area contributed by atoms with Gasteiger partial charge in [0.2, 0.25) is 0 Å². The highest BCUT2D eigenvalue weighted by molar-refractivity contribution is 6.50. The van der Waals surface area contributed by atoms with Gasteiger partial charge in [0.15, 0.2) is 6.29 Å². The molecule has 0 spiro atoms. The first-order valence-corrected chi connectivity index (χ1v) is 5.46. The lowest BCUT2D eigenvalue weighted by molar-refractivity contribution is -0.141. The standard InChI is InChI=1S/C9H16Cl2O2/c1-3-12-8(13-4-2)5-7-6-9(7,10)11/h7-8H,3-6H2,1-2H3. The summed E-state index contributed by atoms with van der Waals surface area (Å²) in [6, 6.07) is 0. The minimum atomic E-state index is -0.521. The zero-order valence-corrected chi connectivity index (χ0v) is 9.57. The van der Waals surface area contributed by atoms with Gasteiger partial charge in [-0.25, -0.2) is 0 Å². The summed E-state index contributed by atoms with van der Waals surface area (Å²) >= 11 is 11.8. The molecule has 0 aromatic carbocycles. The molecule has 1 fully saturated rings. The van der Waals surface area contributed by atoms with Crippen molar-refractivity contribution in [3.8, 4) is 0 Å². The molecule has 1 unspecified atom stereocenters. The summed E-state index contributed by atoms with van der Waals surface area (Å²) in [6.45, 7) is 5.23. The molecule has 2 nitrogen and oxygen atoms in total. The Balaban J connectivity index is 2.23. The van der Waals surface area contributed by atoms with Gasteiger partial charge in [-0.05, 0) is 26.2 Å². The molecular formula is C9H16Cl2O2. The van der Waals surface area contributed by atoms with Gasteiger partial charge in [-0.2, -0.15) is 0 Å². The Labute approximate surface area is 89.5 Å². The summed E-state index contributed by atoms with van der Waals surface area (Å²) in [5, 5.41) is 0. The Morgan fingerprint density at radius 3 is 2.08 bits per heavy atom. The first-order chi connectivity index (χ1) is 6.10. The van der Waals surface area contributed by atoms with Crippen molar-refractivity contribution in [2.24, 2.45) is 5.92 Å². The zero-order valence-electron chi connectivity index (χ0n) is 8.06. The van der Waals surface area contributed by atoms with E-state index < -0.39 is 4.33 Å². The van der Waals surface area contributed by atoms with E-state index in [-0.39, 0.29) is 6.29 Å². The van der Waals surface area contributed by atoms with Crippen molar-refractivity contribution in [2.45, 2.75) is 37.3 Å². The van der Waals surface area contributed by atoms with E-state index in [1.165, 1.54) is 0 Å². The normalized spacial score (nSPS) is 25.2. The van der Waals surface area contributed by atoms with Crippen LogP contribution in [0, 0.1) is 5.92 Å². The van der Waals surface area contributed by atoms with Crippen LogP contribution in [0.1, 0.15) is 26.7 Å². The fraction of sp³-hybridized carbons (Fsp3) is 1.00. The summed E-state index contributed by atoms with van der Waals surface area (Å²) in [6.07, 6.45) is 1.51. The lowest BCUT2D eigenvalue weighted by Crippen LogP contribution is -2.18. The molecule has 1 rings (SSSR count). The van der Waals surface area contributed by atoms with E-state index in [0.29, 0.717) is 19.1 Å². The number of hydrogen-bond acceptors (Lipinski definition) is 2. The van der Waals surface area contributed by atoms with E-state index >= 15 is 0 Å². The topological polar surface area (TPSA) is 18.5 Å². The van der Waals surface area contributed by atoms with Crippen LogP contribution in [0.3, 0.4) is 0 Å². The number of alkyl halides is 2. The van der Waals surface area contributed by atoms with Crippen molar-refractivity contribution < 1.29 is 9.47 Å². The maximum Gasteiger partial charge on any atom is 0.157 e. The highest BCUT2D eigenvalue weighted by atomic mass is 35.5. The molecule has 0 aromatic heterocycles. The molecular weight excluding hydrogens is 211 g/mol. The van der Waals surface area contributed by atoms with E-state index in [1.54, 1.807) is 0 Å². The van der Waals surface area contributed by atoms with E-state index in [1.807, 2.05) is 13.8 Å². The molecule has 0 saturated heterocycles. The van der Waals surface area contributed by atoms with Crippen LogP contribution in [-0.2, 0) is 9.47 Å². The van der Waals surface area contributed by atoms with Crippen LogP contribution in [0.15, 0.2) is 0 Å². The van der Waals surface area contributed by atoms with Crippen LogP contribution in [-0.4, -0.2) is 23.8 Å². The van der Waals surface area contributed by atoms with Gasteiger partial charge in [0.25, 0.3) is 0 Å². The van der Waals surface area contributed by atoms with E-state index in [0.717, 1.165) is 12.8 Å². The molecule has 0 radical (unpaired) electrons. The molecule has 78 valence electrons. The van der Waals surface area contributed by atoms with Gasteiger partial charge in [-0.15, -0.1) is 23.2 Å². The molecule has 13 heavy (non-hydrogen) atoms. The summed E-state index contributed by atoms with van der Waals surface area (Å²) < 4.78 is 10.3. The Morgan fingerprint density at radius 2 is 1.77 bits per heavy atom. The largest absolute Gasteiger partial charge is 0.353 e. The van der Waals surface area contributed by atoms with Crippen LogP contribution in [0.25, 0.3) is 0 Å². The zero-order chi connectivity index (χ0) is 9.90. The second-order valence-electron chi connectivity index (χ2n) is 3.24. The third-order valence-corrected chi connectivity index (χ3v) is 3.06. The predicted octanol–water partition coefficient (Wildman–Crippen LogP) is 2.97. The highest BCUT2D eigenvalue weighted by Gasteiger charge is 2.52. The van der Waals surface area contributed by atoms with Gasteiger partial charge in [0.05, 0.1) is 0 Å². The van der Waals surface area contributed by atoms with Gasteiger partial charge in [-0.3, -0.25) is 0 Å². The molecule has 1 aliphatic rings. The number of rotatable bonds is 6. The average molecular weight is 227 g/mol. The molecule has 0 N–H and O–H groups in total. The molecule has 0 amide bonds. The second-order valence-corrected chi connectivity index (χ2v) is 4.78. The molecule has 0 bridgehead atoms. The van der Waals surface area contributed by atoms with Crippen molar-refractivity contribution in [2.75, 3.05) is 13.2 Å². The second kappa shape index (κ2) is 4.83. The fourth-order valence-corrected chi connectivity index (χ4v) is 1.86. The Kier molecular flexibility index (Phi) is 4.30. The summed E-state index contributed by atoms with van der Waals surface area (Å²) in [7, 11) is 0. The van der Waals surface area contributed by atoms with Gasteiger partial charge in [0, 0.05) is 19.6 Å². The molecule has 1 saturated carbocycles. The monoisotopic (exact) mass is 226 g/mol. The summed E-state index contributed by atoms with van der Waals surface area (Å²) in [4.78, 5) is 0. The molecule has 0 aliphatic heterocycles. The Morgan fingerprint density at radius 1 is 1.31 bits per heavy atom. The third-order valence-electron chi connectivity index (χ3n) is 2.14. The van der Waals surface area contributed by atoms with Crippen molar-refractivity contribution in [1.29, 1.82) is 0 Å². The van der Waals surface area contributed by atoms with Gasteiger partial charge < -0.3 is 9.47 Å². The molecule has 1 aliphatic carbocycles. The lowest BCUT2D eigenvalue weighted by atomic mass is 10.3. The number of halogens is 2. The fourth-order valence-electron chi connectivity index (χ4n) is 1.31. The maximum absolute atomic E-state index is 5.91. The first kappa shape index (κ1) is 11.6. The minimum absolute atomic E-state index is 0.139. The Hall–Kier alpha value is 0.500. The van der Waals surface area contributed by atoms with Crippen LogP contribution < -0.4 is 0 Å². The van der Waals surface area contributed by atoms with E-state index in [9.17, 15) is 0 Å². The van der Waals surface area contributed by atoms with Crippen LogP contribution in [0.5, 0.6) is 0 Å². The summed E-state index contributed by atoms with van der Waals surface area (Å²) in [5.41, 5.74) is 0. The number of hydrogen-bond donors (Lipinski definition) is 0. The molecule has 0 heterocycles. The SMILES string of the molecule is CCOC(CC1CC1(Cl)Cl)OCC. The van der Waals surface area contributed by atoms with Crippen molar-refractivity contribution in [3.63, 3.8) is 0 Å². The average Bonchev–Trinajstić information content (AvgIpc) is 2.59. The Bertz CT molecular complexity index is 156. The van der Waals surface area contributed by atoms with Crippen molar-refractivity contribution >= 4 is 23.2 Å². The third kappa shape index (κ3) is 3.62. The first-order valence-electron chi connectivity index (χ1n) is 4.71. The lowest BCUT2D eigenvalue weighted by Gasteiger charge is -2.16. The van der Waals surface area contributed by atoms with E-state index in [2.05, 4.69) is 0 Å². The smallest absolute Gasteiger partial charge is 0.157 e. The summed E-state index contributed by atoms with van der Waals surface area (Å²) in [5.74, 6) is 0.332. The highest BCUT2D eigenvalue weighted by Crippen LogP contribution is 2.55. The van der Waals surface area contributed by atoms with Crippen LogP contribution >= 0.6 is 23.2 Å². The van der Waals surface area contributed by atoms with Crippen molar-refractivity contribution in [3.05, 3.63) is 0 Å². The molecule has 0 aromatic rings. The minimum Gasteiger partial charge on any atom is -0.353 e. The van der Waals surface area contributed by atoms with Gasteiger partial charge in [-0.1, -0.05) is 0 Å². The quantitative estimate of drug-likeness (QED) is 0.513. The van der Waals surface area contributed by atoms with Crippen LogP contribution in [0.4, 0.5) is 0 Å². The number of ether oxygens (including phenoxy) is 2. The molecule has 1 atom stereocenters. The van der Waals surface area contributed by atoms with Gasteiger partial charge >= 0.3 is 0 Å².